The number of sulfonamides is 1. The predicted octanol–water partition coefficient (Wildman–Crippen LogP) is 2.36. The molecule has 0 N–H and O–H groups in total. The van der Waals surface area contributed by atoms with E-state index in [9.17, 15) is 13.2 Å². The lowest BCUT2D eigenvalue weighted by molar-refractivity contribution is -0.0440. The first-order valence-corrected chi connectivity index (χ1v) is 10.8. The summed E-state index contributed by atoms with van der Waals surface area (Å²) in [6, 6.07) is 6.43. The molecule has 1 aromatic rings. The van der Waals surface area contributed by atoms with E-state index < -0.39 is 10.0 Å². The highest BCUT2D eigenvalue weighted by Crippen LogP contribution is 2.23. The van der Waals surface area contributed by atoms with Crippen molar-refractivity contribution in [3.8, 4) is 0 Å². The van der Waals surface area contributed by atoms with Crippen LogP contribution in [0.3, 0.4) is 0 Å². The molecule has 2 atom stereocenters. The third kappa shape index (κ3) is 4.10. The maximum atomic E-state index is 13.0. The molecule has 0 aromatic heterocycles. The van der Waals surface area contributed by atoms with Crippen LogP contribution in [0, 0.1) is 5.92 Å². The Bertz CT molecular complexity index is 747. The third-order valence-corrected chi connectivity index (χ3v) is 7.00. The van der Waals surface area contributed by atoms with E-state index in [1.54, 1.807) is 18.2 Å². The molecule has 2 aliphatic heterocycles. The number of morpholine rings is 1. The summed E-state index contributed by atoms with van der Waals surface area (Å²) in [4.78, 5) is 14.8. The van der Waals surface area contributed by atoms with E-state index in [2.05, 4.69) is 6.92 Å². The van der Waals surface area contributed by atoms with Crippen molar-refractivity contribution in [3.05, 3.63) is 29.8 Å². The molecule has 0 spiro atoms. The third-order valence-electron chi connectivity index (χ3n) is 5.18. The Kier molecular flexibility index (Phi) is 5.69. The normalized spacial score (nSPS) is 26.0. The van der Waals surface area contributed by atoms with Crippen LogP contribution in [0.25, 0.3) is 0 Å². The second kappa shape index (κ2) is 7.66. The van der Waals surface area contributed by atoms with E-state index in [4.69, 9.17) is 4.74 Å². The van der Waals surface area contributed by atoms with Gasteiger partial charge in [0, 0.05) is 31.7 Å². The van der Waals surface area contributed by atoms with Gasteiger partial charge >= 0.3 is 0 Å². The molecule has 3 rings (SSSR count). The number of hydrogen-bond acceptors (Lipinski definition) is 4. The first-order valence-electron chi connectivity index (χ1n) is 9.32. The number of carbonyl (C=O) groups is 1. The fourth-order valence-corrected chi connectivity index (χ4v) is 5.30. The lowest BCUT2D eigenvalue weighted by Crippen LogP contribution is -2.48. The molecule has 2 saturated heterocycles. The number of benzene rings is 1. The van der Waals surface area contributed by atoms with Crippen LogP contribution in [0.15, 0.2) is 29.2 Å². The van der Waals surface area contributed by atoms with Crippen LogP contribution in [0.4, 0.5) is 0 Å². The summed E-state index contributed by atoms with van der Waals surface area (Å²) in [6.45, 7) is 8.05. The summed E-state index contributed by atoms with van der Waals surface area (Å²) in [5, 5.41) is 0. The van der Waals surface area contributed by atoms with Crippen molar-refractivity contribution in [1.29, 1.82) is 0 Å². The summed E-state index contributed by atoms with van der Waals surface area (Å²) in [7, 11) is -3.64. The van der Waals surface area contributed by atoms with Crippen molar-refractivity contribution >= 4 is 15.9 Å². The van der Waals surface area contributed by atoms with Gasteiger partial charge in [-0.05, 0) is 50.8 Å². The van der Waals surface area contributed by atoms with Crippen LogP contribution >= 0.6 is 0 Å². The molecule has 0 radical (unpaired) electrons. The minimum atomic E-state index is -3.64. The average molecular weight is 381 g/mol. The van der Waals surface area contributed by atoms with Crippen molar-refractivity contribution < 1.29 is 17.9 Å². The highest BCUT2D eigenvalue weighted by atomic mass is 32.2. The number of amides is 1. The molecule has 1 aromatic carbocycles. The maximum absolute atomic E-state index is 13.0. The van der Waals surface area contributed by atoms with E-state index in [1.807, 2.05) is 18.7 Å². The monoisotopic (exact) mass is 380 g/mol. The first kappa shape index (κ1) is 19.3. The quantitative estimate of drug-likeness (QED) is 0.807. The average Bonchev–Trinajstić information content (AvgIpc) is 2.61. The second-order valence-electron chi connectivity index (χ2n) is 7.58. The number of nitrogens with zero attached hydrogens (tertiary/aromatic N) is 2. The Morgan fingerprint density at radius 2 is 1.69 bits per heavy atom. The van der Waals surface area contributed by atoms with Crippen LogP contribution in [-0.2, 0) is 14.8 Å². The molecular formula is C19H28N2O4S. The van der Waals surface area contributed by atoms with Crippen molar-refractivity contribution in [2.45, 2.75) is 50.7 Å². The van der Waals surface area contributed by atoms with Gasteiger partial charge in [-0.25, -0.2) is 8.42 Å². The zero-order valence-electron chi connectivity index (χ0n) is 15.7. The lowest BCUT2D eigenvalue weighted by Gasteiger charge is -2.34. The van der Waals surface area contributed by atoms with Gasteiger partial charge in [0.15, 0.2) is 0 Å². The van der Waals surface area contributed by atoms with E-state index in [0.717, 1.165) is 25.9 Å². The molecule has 1 amide bonds. The van der Waals surface area contributed by atoms with Gasteiger partial charge in [0.05, 0.1) is 17.1 Å². The molecule has 6 nitrogen and oxygen atoms in total. The molecule has 2 aliphatic rings. The Balaban J connectivity index is 1.81. The predicted molar refractivity (Wildman–Crippen MR) is 99.5 cm³/mol. The maximum Gasteiger partial charge on any atom is 0.253 e. The Hall–Kier alpha value is -1.44. The Labute approximate surface area is 156 Å². The summed E-state index contributed by atoms with van der Waals surface area (Å²) >= 11 is 0. The zero-order valence-corrected chi connectivity index (χ0v) is 16.5. The van der Waals surface area contributed by atoms with Crippen LogP contribution < -0.4 is 0 Å². The zero-order chi connectivity index (χ0) is 18.9. The molecule has 0 saturated carbocycles. The minimum absolute atomic E-state index is 0.0855. The van der Waals surface area contributed by atoms with Gasteiger partial charge in [-0.15, -0.1) is 0 Å². The van der Waals surface area contributed by atoms with Crippen LogP contribution in [0.2, 0.25) is 0 Å². The molecule has 2 fully saturated rings. The van der Waals surface area contributed by atoms with Crippen LogP contribution in [0.5, 0.6) is 0 Å². The SMILES string of the molecule is CC1CCN(C(=O)c2cccc(S(=O)(=O)N3CC(C)OC(C)C3)c2)CC1. The molecule has 0 bridgehead atoms. The lowest BCUT2D eigenvalue weighted by atomic mass is 9.98. The van der Waals surface area contributed by atoms with Gasteiger partial charge in [0.25, 0.3) is 5.91 Å². The fourth-order valence-electron chi connectivity index (χ4n) is 3.66. The highest BCUT2D eigenvalue weighted by molar-refractivity contribution is 7.89. The number of hydrogen-bond donors (Lipinski definition) is 0. The summed E-state index contributed by atoms with van der Waals surface area (Å²) in [5.41, 5.74) is 0.440. The van der Waals surface area contributed by atoms with Crippen molar-refractivity contribution in [1.82, 2.24) is 9.21 Å². The van der Waals surface area contributed by atoms with Gasteiger partial charge in [-0.2, -0.15) is 4.31 Å². The van der Waals surface area contributed by atoms with E-state index in [1.165, 1.54) is 10.4 Å². The van der Waals surface area contributed by atoms with Gasteiger partial charge in [-0.1, -0.05) is 13.0 Å². The number of piperidine rings is 1. The highest BCUT2D eigenvalue weighted by Gasteiger charge is 2.32. The van der Waals surface area contributed by atoms with Gasteiger partial charge in [0.1, 0.15) is 0 Å². The molecule has 144 valence electrons. The van der Waals surface area contributed by atoms with Crippen molar-refractivity contribution in [2.24, 2.45) is 5.92 Å². The standard InChI is InChI=1S/C19H28N2O4S/c1-14-7-9-20(10-8-14)19(22)17-5-4-6-18(11-17)26(23,24)21-12-15(2)25-16(3)13-21/h4-6,11,14-16H,7-10,12-13H2,1-3H3. The Morgan fingerprint density at radius 3 is 2.31 bits per heavy atom. The molecule has 2 unspecified atom stereocenters. The van der Waals surface area contributed by atoms with Crippen molar-refractivity contribution in [2.75, 3.05) is 26.2 Å². The van der Waals surface area contributed by atoms with Crippen LogP contribution in [0.1, 0.15) is 44.0 Å². The van der Waals surface area contributed by atoms with E-state index in [0.29, 0.717) is 24.6 Å². The molecular weight excluding hydrogens is 352 g/mol. The van der Waals surface area contributed by atoms with Gasteiger partial charge in [0.2, 0.25) is 10.0 Å². The fraction of sp³-hybridized carbons (Fsp3) is 0.632. The van der Waals surface area contributed by atoms with E-state index in [-0.39, 0.29) is 23.0 Å². The first-order chi connectivity index (χ1) is 12.3. The molecule has 2 heterocycles. The smallest absolute Gasteiger partial charge is 0.253 e. The van der Waals surface area contributed by atoms with Crippen molar-refractivity contribution in [3.63, 3.8) is 0 Å². The van der Waals surface area contributed by atoms with Crippen LogP contribution in [-0.4, -0.2) is 61.9 Å². The topological polar surface area (TPSA) is 66.9 Å². The number of likely N-dealkylation sites (tertiary alicyclic amines) is 1. The molecule has 26 heavy (non-hydrogen) atoms. The molecule has 0 aliphatic carbocycles. The molecule has 7 heteroatoms. The summed E-state index contributed by atoms with van der Waals surface area (Å²) in [6.07, 6.45) is 1.70. The van der Waals surface area contributed by atoms with Gasteiger partial charge in [-0.3, -0.25) is 4.79 Å². The number of carbonyl (C=O) groups excluding carboxylic acids is 1. The second-order valence-corrected chi connectivity index (χ2v) is 9.52. The number of rotatable bonds is 3. The van der Waals surface area contributed by atoms with Gasteiger partial charge < -0.3 is 9.64 Å². The Morgan fingerprint density at radius 1 is 1.08 bits per heavy atom. The number of ether oxygens (including phenoxy) is 1. The summed E-state index contributed by atoms with van der Waals surface area (Å²) in [5.74, 6) is 0.550. The minimum Gasteiger partial charge on any atom is -0.373 e. The summed E-state index contributed by atoms with van der Waals surface area (Å²) < 4.78 is 33.1. The largest absolute Gasteiger partial charge is 0.373 e. The van der Waals surface area contributed by atoms with E-state index >= 15 is 0 Å².